The van der Waals surface area contributed by atoms with Gasteiger partial charge in [0.25, 0.3) is 0 Å². The van der Waals surface area contributed by atoms with E-state index in [9.17, 15) is 9.59 Å². The number of amides is 2. The van der Waals surface area contributed by atoms with Crippen LogP contribution < -0.4 is 10.2 Å². The largest absolute Gasteiger partial charge is 0.367 e. The predicted molar refractivity (Wildman–Crippen MR) is 133 cm³/mol. The zero-order chi connectivity index (χ0) is 23.0. The molecule has 2 heterocycles. The maximum atomic E-state index is 13.0. The molecule has 0 atom stereocenters. The van der Waals surface area contributed by atoms with E-state index in [4.69, 9.17) is 0 Å². The molecule has 0 radical (unpaired) electrons. The molecule has 0 aromatic heterocycles. The number of anilines is 2. The molecule has 2 aliphatic rings. The third-order valence-corrected chi connectivity index (χ3v) is 7.01. The van der Waals surface area contributed by atoms with E-state index in [0.717, 1.165) is 63.4 Å². The summed E-state index contributed by atoms with van der Waals surface area (Å²) in [5, 5.41) is 3.20. The summed E-state index contributed by atoms with van der Waals surface area (Å²) in [5.41, 5.74) is 3.19. The number of hydrogen-bond acceptors (Lipinski definition) is 4. The lowest BCUT2D eigenvalue weighted by atomic mass is 9.95. The molecule has 2 saturated heterocycles. The minimum absolute atomic E-state index is 0.0480. The zero-order valence-corrected chi connectivity index (χ0v) is 19.7. The van der Waals surface area contributed by atoms with Crippen LogP contribution >= 0.6 is 0 Å². The van der Waals surface area contributed by atoms with Gasteiger partial charge in [0.2, 0.25) is 11.8 Å². The van der Waals surface area contributed by atoms with Gasteiger partial charge in [-0.25, -0.2) is 0 Å². The number of carbonyl (C=O) groups excluding carboxylic acids is 2. The molecule has 2 fully saturated rings. The van der Waals surface area contributed by atoms with Crippen molar-refractivity contribution in [2.24, 2.45) is 5.92 Å². The smallest absolute Gasteiger partial charge is 0.227 e. The molecule has 176 valence electrons. The van der Waals surface area contributed by atoms with E-state index in [0.29, 0.717) is 19.5 Å². The topological polar surface area (TPSA) is 55.9 Å². The summed E-state index contributed by atoms with van der Waals surface area (Å²) in [6.07, 6.45) is 2.74. The van der Waals surface area contributed by atoms with Gasteiger partial charge in [-0.1, -0.05) is 49.4 Å². The SMILES string of the molecule is CCN1CCN(c2ccccc2NC(=O)C2CCN(C(=O)CCc3ccccc3)CC2)CC1. The first-order valence-corrected chi connectivity index (χ1v) is 12.3. The van der Waals surface area contributed by atoms with E-state index in [1.54, 1.807) is 0 Å². The molecule has 2 aliphatic heterocycles. The van der Waals surface area contributed by atoms with Gasteiger partial charge in [0.1, 0.15) is 0 Å². The summed E-state index contributed by atoms with van der Waals surface area (Å²) in [4.78, 5) is 32.4. The monoisotopic (exact) mass is 448 g/mol. The van der Waals surface area contributed by atoms with Crippen molar-refractivity contribution in [2.75, 3.05) is 56.0 Å². The molecule has 2 aromatic carbocycles. The van der Waals surface area contributed by atoms with E-state index in [-0.39, 0.29) is 17.7 Å². The molecule has 33 heavy (non-hydrogen) atoms. The van der Waals surface area contributed by atoms with Crippen LogP contribution in [0.3, 0.4) is 0 Å². The zero-order valence-electron chi connectivity index (χ0n) is 19.7. The van der Waals surface area contributed by atoms with Gasteiger partial charge >= 0.3 is 0 Å². The van der Waals surface area contributed by atoms with Crippen LogP contribution in [-0.2, 0) is 16.0 Å². The third kappa shape index (κ3) is 6.14. The molecule has 6 heteroatoms. The lowest BCUT2D eigenvalue weighted by Gasteiger charge is -2.36. The van der Waals surface area contributed by atoms with Gasteiger partial charge in [-0.2, -0.15) is 0 Å². The number of para-hydroxylation sites is 2. The number of nitrogens with zero attached hydrogens (tertiary/aromatic N) is 3. The average molecular weight is 449 g/mol. The van der Waals surface area contributed by atoms with Crippen molar-refractivity contribution in [3.05, 3.63) is 60.2 Å². The first kappa shape index (κ1) is 23.3. The standard InChI is InChI=1S/C27H36N4O2/c1-2-29-18-20-30(21-19-29)25-11-7-6-10-24(25)28-27(33)23-14-16-31(17-15-23)26(32)13-12-22-8-4-3-5-9-22/h3-11,23H,2,12-21H2,1H3,(H,28,33). The van der Waals surface area contributed by atoms with Crippen molar-refractivity contribution in [1.29, 1.82) is 0 Å². The third-order valence-electron chi connectivity index (χ3n) is 7.01. The summed E-state index contributed by atoms with van der Waals surface area (Å²) in [5.74, 6) is 0.216. The molecular weight excluding hydrogens is 412 g/mol. The Morgan fingerprint density at radius 1 is 0.879 bits per heavy atom. The fourth-order valence-corrected chi connectivity index (χ4v) is 4.84. The number of hydrogen-bond donors (Lipinski definition) is 1. The van der Waals surface area contributed by atoms with Gasteiger partial charge in [-0.05, 0) is 43.5 Å². The number of piperidine rings is 1. The molecule has 0 spiro atoms. The molecule has 2 aromatic rings. The number of carbonyl (C=O) groups is 2. The van der Waals surface area contributed by atoms with Crippen LogP contribution in [0, 0.1) is 5.92 Å². The first-order chi connectivity index (χ1) is 16.1. The highest BCUT2D eigenvalue weighted by Crippen LogP contribution is 2.28. The average Bonchev–Trinajstić information content (AvgIpc) is 2.88. The summed E-state index contributed by atoms with van der Waals surface area (Å²) < 4.78 is 0. The van der Waals surface area contributed by atoms with E-state index in [1.807, 2.05) is 41.3 Å². The minimum atomic E-state index is -0.0480. The maximum Gasteiger partial charge on any atom is 0.227 e. The summed E-state index contributed by atoms with van der Waals surface area (Å²) in [6, 6.07) is 18.3. The van der Waals surface area contributed by atoms with Crippen LogP contribution in [-0.4, -0.2) is 67.4 Å². The number of aryl methyl sites for hydroxylation is 1. The predicted octanol–water partition coefficient (Wildman–Crippen LogP) is 3.64. The second-order valence-corrected chi connectivity index (χ2v) is 9.07. The lowest BCUT2D eigenvalue weighted by molar-refractivity contribution is -0.134. The Hall–Kier alpha value is -2.86. The first-order valence-electron chi connectivity index (χ1n) is 12.3. The Labute approximate surface area is 197 Å². The Balaban J connectivity index is 1.27. The van der Waals surface area contributed by atoms with E-state index in [1.165, 1.54) is 5.56 Å². The number of rotatable bonds is 7. The van der Waals surface area contributed by atoms with Gasteiger partial charge in [0.05, 0.1) is 11.4 Å². The summed E-state index contributed by atoms with van der Waals surface area (Å²) >= 11 is 0. The van der Waals surface area contributed by atoms with Gasteiger partial charge in [-0.3, -0.25) is 9.59 Å². The molecule has 0 unspecified atom stereocenters. The number of nitrogens with one attached hydrogen (secondary N) is 1. The molecular formula is C27H36N4O2. The Kier molecular flexibility index (Phi) is 8.00. The van der Waals surface area contributed by atoms with Crippen molar-refractivity contribution in [3.8, 4) is 0 Å². The summed E-state index contributed by atoms with van der Waals surface area (Å²) in [7, 11) is 0. The van der Waals surface area contributed by atoms with Gasteiger partial charge < -0.3 is 20.0 Å². The van der Waals surface area contributed by atoms with Crippen LogP contribution in [0.25, 0.3) is 0 Å². The van der Waals surface area contributed by atoms with Crippen molar-refractivity contribution in [2.45, 2.75) is 32.6 Å². The quantitative estimate of drug-likeness (QED) is 0.703. The number of benzene rings is 2. The van der Waals surface area contributed by atoms with Gasteiger partial charge in [-0.15, -0.1) is 0 Å². The van der Waals surface area contributed by atoms with Crippen LogP contribution in [0.1, 0.15) is 31.7 Å². The van der Waals surface area contributed by atoms with E-state index >= 15 is 0 Å². The Bertz CT molecular complexity index is 917. The Morgan fingerprint density at radius 2 is 1.55 bits per heavy atom. The molecule has 0 aliphatic carbocycles. The highest BCUT2D eigenvalue weighted by atomic mass is 16.2. The number of piperazine rings is 1. The van der Waals surface area contributed by atoms with Crippen LogP contribution in [0.5, 0.6) is 0 Å². The lowest BCUT2D eigenvalue weighted by Crippen LogP contribution is -2.46. The molecule has 1 N–H and O–H groups in total. The molecule has 2 amide bonds. The number of likely N-dealkylation sites (N-methyl/N-ethyl adjacent to an activating group) is 1. The normalized spacial score (nSPS) is 17.7. The fraction of sp³-hybridized carbons (Fsp3) is 0.481. The van der Waals surface area contributed by atoms with Crippen molar-refractivity contribution in [1.82, 2.24) is 9.80 Å². The minimum Gasteiger partial charge on any atom is -0.367 e. The van der Waals surface area contributed by atoms with Crippen LogP contribution in [0.2, 0.25) is 0 Å². The van der Waals surface area contributed by atoms with E-state index < -0.39 is 0 Å². The van der Waals surface area contributed by atoms with Crippen LogP contribution in [0.4, 0.5) is 11.4 Å². The van der Waals surface area contributed by atoms with Gasteiger partial charge in [0.15, 0.2) is 0 Å². The van der Waals surface area contributed by atoms with Gasteiger partial charge in [0, 0.05) is 51.6 Å². The second-order valence-electron chi connectivity index (χ2n) is 9.07. The fourth-order valence-electron chi connectivity index (χ4n) is 4.84. The maximum absolute atomic E-state index is 13.0. The molecule has 0 saturated carbocycles. The van der Waals surface area contributed by atoms with Crippen molar-refractivity contribution < 1.29 is 9.59 Å². The molecule has 6 nitrogen and oxygen atoms in total. The Morgan fingerprint density at radius 3 is 2.24 bits per heavy atom. The molecule has 0 bridgehead atoms. The molecule has 4 rings (SSSR count). The second kappa shape index (κ2) is 11.3. The van der Waals surface area contributed by atoms with Crippen molar-refractivity contribution >= 4 is 23.2 Å². The highest BCUT2D eigenvalue weighted by Gasteiger charge is 2.28. The van der Waals surface area contributed by atoms with Crippen LogP contribution in [0.15, 0.2) is 54.6 Å². The highest BCUT2D eigenvalue weighted by molar-refractivity contribution is 5.96. The summed E-state index contributed by atoms with van der Waals surface area (Å²) in [6.45, 7) is 8.66. The van der Waals surface area contributed by atoms with Crippen molar-refractivity contribution in [3.63, 3.8) is 0 Å². The number of likely N-dealkylation sites (tertiary alicyclic amines) is 1. The van der Waals surface area contributed by atoms with E-state index in [2.05, 4.69) is 40.2 Å².